The first-order chi connectivity index (χ1) is 12.7. The number of amides is 2. The van der Waals surface area contributed by atoms with E-state index in [1.807, 2.05) is 36.5 Å². The summed E-state index contributed by atoms with van der Waals surface area (Å²) in [6.07, 6.45) is 5.64. The van der Waals surface area contributed by atoms with Crippen molar-refractivity contribution in [1.82, 2.24) is 20.1 Å². The van der Waals surface area contributed by atoms with Gasteiger partial charge in [-0.3, -0.25) is 9.59 Å². The lowest BCUT2D eigenvalue weighted by Crippen LogP contribution is -2.29. The second-order valence-corrected chi connectivity index (χ2v) is 5.66. The lowest BCUT2D eigenvalue weighted by atomic mass is 10.1. The first kappa shape index (κ1) is 17.3. The van der Waals surface area contributed by atoms with Crippen molar-refractivity contribution in [2.45, 2.75) is 12.8 Å². The summed E-state index contributed by atoms with van der Waals surface area (Å²) < 4.78 is 1.75. The summed E-state index contributed by atoms with van der Waals surface area (Å²) in [4.78, 5) is 27.8. The molecule has 3 rings (SSSR count). The molecule has 0 atom stereocenters. The molecule has 1 aromatic carbocycles. The highest BCUT2D eigenvalue weighted by Crippen LogP contribution is 2.09. The van der Waals surface area contributed by atoms with Gasteiger partial charge in [0.2, 0.25) is 11.8 Å². The molecule has 0 saturated heterocycles. The van der Waals surface area contributed by atoms with Crippen molar-refractivity contribution < 1.29 is 9.59 Å². The van der Waals surface area contributed by atoms with Gasteiger partial charge in [-0.25, -0.2) is 9.67 Å². The summed E-state index contributed by atoms with van der Waals surface area (Å²) in [6.45, 7) is 0.281. The summed E-state index contributed by atoms with van der Waals surface area (Å²) in [5.74, 6) is 0.191. The van der Waals surface area contributed by atoms with E-state index in [0.29, 0.717) is 5.82 Å². The van der Waals surface area contributed by atoms with Gasteiger partial charge >= 0.3 is 0 Å². The van der Waals surface area contributed by atoms with Crippen LogP contribution < -0.4 is 10.6 Å². The minimum atomic E-state index is -0.187. The molecule has 0 aliphatic carbocycles. The Morgan fingerprint density at radius 3 is 2.50 bits per heavy atom. The van der Waals surface area contributed by atoms with Crippen LogP contribution in [0.25, 0.3) is 5.69 Å². The number of nitrogens with zero attached hydrogens (tertiary/aromatic N) is 3. The van der Waals surface area contributed by atoms with Gasteiger partial charge in [-0.2, -0.15) is 5.10 Å². The molecule has 132 valence electrons. The zero-order chi connectivity index (χ0) is 18.2. The molecule has 2 N–H and O–H groups in total. The van der Waals surface area contributed by atoms with E-state index in [1.165, 1.54) is 0 Å². The average molecular weight is 349 g/mol. The Hall–Kier alpha value is -3.48. The Morgan fingerprint density at radius 2 is 1.81 bits per heavy atom. The molecule has 0 unspecified atom stereocenters. The van der Waals surface area contributed by atoms with Crippen molar-refractivity contribution in [3.8, 4) is 5.69 Å². The third-order valence-corrected chi connectivity index (χ3v) is 3.68. The van der Waals surface area contributed by atoms with Gasteiger partial charge in [0.15, 0.2) is 0 Å². The summed E-state index contributed by atoms with van der Waals surface area (Å²) in [5, 5.41) is 9.59. The number of rotatable bonds is 7. The van der Waals surface area contributed by atoms with Gasteiger partial charge in [0.25, 0.3) is 0 Å². The molecule has 0 aliphatic heterocycles. The van der Waals surface area contributed by atoms with Crippen LogP contribution in [-0.4, -0.2) is 33.1 Å². The zero-order valence-electron chi connectivity index (χ0n) is 14.1. The highest BCUT2D eigenvalue weighted by molar-refractivity contribution is 5.90. The van der Waals surface area contributed by atoms with Crippen molar-refractivity contribution in [2.75, 3.05) is 11.9 Å². The highest BCUT2D eigenvalue weighted by atomic mass is 16.2. The van der Waals surface area contributed by atoms with Crippen LogP contribution in [-0.2, 0) is 16.0 Å². The van der Waals surface area contributed by atoms with Gasteiger partial charge in [-0.15, -0.1) is 0 Å². The molecule has 7 nitrogen and oxygen atoms in total. The van der Waals surface area contributed by atoms with E-state index >= 15 is 0 Å². The van der Waals surface area contributed by atoms with Gasteiger partial charge in [0.05, 0.1) is 12.1 Å². The van der Waals surface area contributed by atoms with Crippen LogP contribution in [0.15, 0.2) is 67.1 Å². The molecule has 2 aromatic heterocycles. The number of carbonyl (C=O) groups is 2. The lowest BCUT2D eigenvalue weighted by Gasteiger charge is -2.07. The highest BCUT2D eigenvalue weighted by Gasteiger charge is 2.06. The number of nitrogens with one attached hydrogen (secondary N) is 2. The van der Waals surface area contributed by atoms with Crippen LogP contribution in [0.2, 0.25) is 0 Å². The van der Waals surface area contributed by atoms with E-state index in [1.54, 1.807) is 35.3 Å². The Bertz CT molecular complexity index is 845. The van der Waals surface area contributed by atoms with E-state index in [4.69, 9.17) is 0 Å². The summed E-state index contributed by atoms with van der Waals surface area (Å²) in [7, 11) is 0. The van der Waals surface area contributed by atoms with E-state index < -0.39 is 0 Å². The number of anilines is 1. The van der Waals surface area contributed by atoms with Crippen molar-refractivity contribution in [1.29, 1.82) is 0 Å². The van der Waals surface area contributed by atoms with Crippen molar-refractivity contribution in [3.05, 3.63) is 72.7 Å². The van der Waals surface area contributed by atoms with Gasteiger partial charge < -0.3 is 10.6 Å². The Morgan fingerprint density at radius 1 is 0.962 bits per heavy atom. The standard InChI is InChI=1S/C19H19N5O2/c25-18(23-17-4-1-2-10-20-17)9-12-21-19(26)14-15-5-7-16(8-6-15)24-13-3-11-22-24/h1-8,10-11,13H,9,12,14H2,(H,21,26)(H,20,23,25). The SMILES string of the molecule is O=C(Cc1ccc(-n2cccn2)cc1)NCCC(=O)Nc1ccccn1. The van der Waals surface area contributed by atoms with Crippen LogP contribution >= 0.6 is 0 Å². The summed E-state index contributed by atoms with van der Waals surface area (Å²) >= 11 is 0. The topological polar surface area (TPSA) is 88.9 Å². The lowest BCUT2D eigenvalue weighted by molar-refractivity contribution is -0.120. The third-order valence-electron chi connectivity index (χ3n) is 3.68. The molecule has 0 bridgehead atoms. The minimum absolute atomic E-state index is 0.123. The molecule has 2 amide bonds. The van der Waals surface area contributed by atoms with Gasteiger partial charge in [-0.05, 0) is 35.9 Å². The molecule has 26 heavy (non-hydrogen) atoms. The van der Waals surface area contributed by atoms with Crippen LogP contribution in [0.4, 0.5) is 5.82 Å². The molecular weight excluding hydrogens is 330 g/mol. The molecule has 3 aromatic rings. The molecule has 7 heteroatoms. The smallest absolute Gasteiger partial charge is 0.227 e. The molecule has 0 fully saturated rings. The second kappa shape index (κ2) is 8.57. The fourth-order valence-electron chi connectivity index (χ4n) is 2.39. The Kier molecular flexibility index (Phi) is 5.72. The quantitative estimate of drug-likeness (QED) is 0.682. The largest absolute Gasteiger partial charge is 0.355 e. The minimum Gasteiger partial charge on any atom is -0.355 e. The normalized spacial score (nSPS) is 10.3. The van der Waals surface area contributed by atoms with E-state index in [-0.39, 0.29) is 31.2 Å². The molecular formula is C19H19N5O2. The van der Waals surface area contributed by atoms with Gasteiger partial charge in [0.1, 0.15) is 5.82 Å². The van der Waals surface area contributed by atoms with E-state index in [2.05, 4.69) is 20.7 Å². The summed E-state index contributed by atoms with van der Waals surface area (Å²) in [6, 6.07) is 14.7. The second-order valence-electron chi connectivity index (χ2n) is 5.66. The monoisotopic (exact) mass is 349 g/mol. The third kappa shape index (κ3) is 5.01. The molecule has 0 spiro atoms. The molecule has 2 heterocycles. The number of pyridine rings is 1. The fourth-order valence-corrected chi connectivity index (χ4v) is 2.39. The predicted octanol–water partition coefficient (Wildman–Crippen LogP) is 1.95. The van der Waals surface area contributed by atoms with Crippen molar-refractivity contribution >= 4 is 17.6 Å². The molecule has 0 radical (unpaired) electrons. The Labute approximate surface area is 151 Å². The Balaban J connectivity index is 1.40. The maximum Gasteiger partial charge on any atom is 0.227 e. The van der Waals surface area contributed by atoms with E-state index in [0.717, 1.165) is 11.3 Å². The number of hydrogen-bond acceptors (Lipinski definition) is 4. The van der Waals surface area contributed by atoms with Crippen LogP contribution in [0.1, 0.15) is 12.0 Å². The summed E-state index contributed by atoms with van der Waals surface area (Å²) in [5.41, 5.74) is 1.83. The number of benzene rings is 1. The average Bonchev–Trinajstić information content (AvgIpc) is 3.18. The van der Waals surface area contributed by atoms with Crippen molar-refractivity contribution in [3.63, 3.8) is 0 Å². The fraction of sp³-hybridized carbons (Fsp3) is 0.158. The number of aromatic nitrogens is 3. The van der Waals surface area contributed by atoms with Crippen LogP contribution in [0.3, 0.4) is 0 Å². The predicted molar refractivity (Wildman–Crippen MR) is 97.8 cm³/mol. The first-order valence-electron chi connectivity index (χ1n) is 8.27. The van der Waals surface area contributed by atoms with Crippen molar-refractivity contribution in [2.24, 2.45) is 0 Å². The molecule has 0 aliphatic rings. The van der Waals surface area contributed by atoms with Crippen LogP contribution in [0, 0.1) is 0 Å². The number of carbonyl (C=O) groups excluding carboxylic acids is 2. The van der Waals surface area contributed by atoms with Crippen LogP contribution in [0.5, 0.6) is 0 Å². The number of hydrogen-bond donors (Lipinski definition) is 2. The first-order valence-corrected chi connectivity index (χ1v) is 8.27. The zero-order valence-corrected chi connectivity index (χ0v) is 14.1. The molecule has 0 saturated carbocycles. The maximum absolute atomic E-state index is 12.0. The van der Waals surface area contributed by atoms with Gasteiger partial charge in [0, 0.05) is 31.6 Å². The van der Waals surface area contributed by atoms with Gasteiger partial charge in [-0.1, -0.05) is 18.2 Å². The van der Waals surface area contributed by atoms with E-state index in [9.17, 15) is 9.59 Å². The maximum atomic E-state index is 12.0.